The van der Waals surface area contributed by atoms with Gasteiger partial charge in [-0.3, -0.25) is 5.41 Å². The number of para-hydroxylation sites is 1. The first kappa shape index (κ1) is 12.4. The van der Waals surface area contributed by atoms with Crippen LogP contribution in [0.1, 0.15) is 5.56 Å². The Morgan fingerprint density at radius 3 is 2.83 bits per heavy atom. The first-order valence-electron chi connectivity index (χ1n) is 5.19. The second-order valence-electron chi connectivity index (χ2n) is 3.42. The van der Waals surface area contributed by atoms with E-state index >= 15 is 0 Å². The maximum atomic E-state index is 7.51. The quantitative estimate of drug-likeness (QED) is 0.648. The summed E-state index contributed by atoms with van der Waals surface area (Å²) in [6.07, 6.45) is 1.52. The Balaban J connectivity index is 2.37. The smallest absolute Gasteiger partial charge is 0.135 e. The monoisotopic (exact) mass is 260 g/mol. The van der Waals surface area contributed by atoms with Crippen LogP contribution in [0, 0.1) is 5.41 Å². The Bertz CT molecular complexity index is 574. The fourth-order valence-corrected chi connectivity index (χ4v) is 2.39. The third-order valence-electron chi connectivity index (χ3n) is 2.25. The Morgan fingerprint density at radius 1 is 1.33 bits per heavy atom. The lowest BCUT2D eigenvalue weighted by Crippen LogP contribution is -2.13. The number of nitrogens with two attached hydrogens (primary N) is 1. The van der Waals surface area contributed by atoms with Crippen molar-refractivity contribution in [3.63, 3.8) is 0 Å². The molecule has 2 rings (SSSR count). The molecule has 0 unspecified atom stereocenters. The zero-order valence-corrected chi connectivity index (χ0v) is 10.6. The molecule has 5 nitrogen and oxygen atoms in total. The van der Waals surface area contributed by atoms with Crippen LogP contribution in [0.3, 0.4) is 0 Å². The van der Waals surface area contributed by atoms with E-state index in [0.717, 1.165) is 10.6 Å². The lowest BCUT2D eigenvalue weighted by Gasteiger charge is -2.08. The van der Waals surface area contributed by atoms with Crippen molar-refractivity contribution in [1.29, 1.82) is 5.41 Å². The highest BCUT2D eigenvalue weighted by Gasteiger charge is 2.11. The van der Waals surface area contributed by atoms with Gasteiger partial charge in [0.25, 0.3) is 0 Å². The number of hydrogen-bond acceptors (Lipinski definition) is 5. The van der Waals surface area contributed by atoms with Crippen LogP contribution in [-0.4, -0.2) is 23.1 Å². The van der Waals surface area contributed by atoms with Crippen LogP contribution >= 0.6 is 11.8 Å². The van der Waals surface area contributed by atoms with Gasteiger partial charge in [0.05, 0.1) is 23.8 Å². The van der Waals surface area contributed by atoms with Gasteiger partial charge in [0.15, 0.2) is 0 Å². The van der Waals surface area contributed by atoms with Crippen LogP contribution < -0.4 is 10.5 Å². The van der Waals surface area contributed by atoms with Crippen LogP contribution in [0.2, 0.25) is 0 Å². The largest absolute Gasteiger partial charge is 0.496 e. The summed E-state index contributed by atoms with van der Waals surface area (Å²) in [5, 5.41) is 15.9. The van der Waals surface area contributed by atoms with Crippen molar-refractivity contribution < 1.29 is 4.74 Å². The van der Waals surface area contributed by atoms with Gasteiger partial charge in [-0.1, -0.05) is 23.9 Å². The molecule has 0 bridgehead atoms. The summed E-state index contributed by atoms with van der Waals surface area (Å²) < 4.78 is 5.26. The van der Waals surface area contributed by atoms with Crippen molar-refractivity contribution in [2.75, 3.05) is 7.11 Å². The number of methoxy groups -OCH3 is 1. The van der Waals surface area contributed by atoms with E-state index in [-0.39, 0.29) is 5.84 Å². The number of nitrogens with one attached hydrogen (secondary N) is 1. The molecule has 18 heavy (non-hydrogen) atoms. The molecule has 1 heterocycles. The lowest BCUT2D eigenvalue weighted by molar-refractivity contribution is 0.405. The van der Waals surface area contributed by atoms with Gasteiger partial charge in [-0.25, -0.2) is 0 Å². The Kier molecular flexibility index (Phi) is 3.78. The van der Waals surface area contributed by atoms with E-state index in [9.17, 15) is 0 Å². The molecule has 3 N–H and O–H groups in total. The maximum absolute atomic E-state index is 7.51. The van der Waals surface area contributed by atoms with E-state index in [0.29, 0.717) is 10.6 Å². The highest BCUT2D eigenvalue weighted by molar-refractivity contribution is 7.99. The molecule has 0 fully saturated rings. The number of aromatic nitrogens is 2. The third-order valence-corrected chi connectivity index (χ3v) is 3.30. The van der Waals surface area contributed by atoms with Crippen LogP contribution in [0.4, 0.5) is 0 Å². The van der Waals surface area contributed by atoms with Crippen molar-refractivity contribution >= 4 is 17.6 Å². The van der Waals surface area contributed by atoms with Gasteiger partial charge in [0, 0.05) is 0 Å². The van der Waals surface area contributed by atoms with Crippen molar-refractivity contribution in [3.05, 3.63) is 42.1 Å². The number of ether oxygens (including phenoxy) is 1. The highest BCUT2D eigenvalue weighted by Crippen LogP contribution is 2.34. The minimum atomic E-state index is -0.0257. The number of amidine groups is 1. The summed E-state index contributed by atoms with van der Waals surface area (Å²) >= 11 is 1.37. The Hall–Kier alpha value is -2.08. The predicted molar refractivity (Wildman–Crippen MR) is 70.2 cm³/mol. The summed E-state index contributed by atoms with van der Waals surface area (Å²) in [4.78, 5) is 0.906. The van der Waals surface area contributed by atoms with Crippen molar-refractivity contribution in [3.8, 4) is 5.75 Å². The van der Waals surface area contributed by atoms with Crippen LogP contribution in [-0.2, 0) is 0 Å². The molecule has 0 radical (unpaired) electrons. The van der Waals surface area contributed by atoms with Crippen LogP contribution in [0.15, 0.2) is 46.5 Å². The average molecular weight is 260 g/mol. The number of nitrogen functional groups attached to an aromatic ring is 1. The number of benzene rings is 1. The fourth-order valence-electron chi connectivity index (χ4n) is 1.41. The van der Waals surface area contributed by atoms with E-state index in [1.807, 2.05) is 24.3 Å². The maximum Gasteiger partial charge on any atom is 0.135 e. The minimum Gasteiger partial charge on any atom is -0.496 e. The number of nitrogens with zero attached hydrogens (tertiary/aromatic N) is 2. The molecule has 1 aromatic heterocycles. The Morgan fingerprint density at radius 2 is 2.11 bits per heavy atom. The molecule has 0 atom stereocenters. The van der Waals surface area contributed by atoms with Gasteiger partial charge in [0.2, 0.25) is 0 Å². The fraction of sp³-hybridized carbons (Fsp3) is 0.0833. The van der Waals surface area contributed by atoms with Gasteiger partial charge in [0.1, 0.15) is 16.6 Å². The van der Waals surface area contributed by atoms with Gasteiger partial charge in [-0.2, -0.15) is 5.10 Å². The summed E-state index contributed by atoms with van der Waals surface area (Å²) in [5.74, 6) is 0.727. The molecule has 0 saturated carbocycles. The predicted octanol–water partition coefficient (Wildman–Crippen LogP) is 1.92. The van der Waals surface area contributed by atoms with Gasteiger partial charge in [-0.05, 0) is 18.2 Å². The minimum absolute atomic E-state index is 0.0257. The molecule has 0 aliphatic carbocycles. The number of rotatable bonds is 4. The summed E-state index contributed by atoms with van der Waals surface area (Å²) in [6.45, 7) is 0. The third kappa shape index (κ3) is 2.60. The highest BCUT2D eigenvalue weighted by atomic mass is 32.2. The topological polar surface area (TPSA) is 84.9 Å². The first-order valence-corrected chi connectivity index (χ1v) is 6.01. The zero-order valence-electron chi connectivity index (χ0n) is 9.75. The molecule has 1 aromatic carbocycles. The summed E-state index contributed by atoms with van der Waals surface area (Å²) in [6, 6.07) is 9.27. The average Bonchev–Trinajstić information content (AvgIpc) is 2.40. The second kappa shape index (κ2) is 5.50. The second-order valence-corrected chi connectivity index (χ2v) is 4.45. The molecule has 0 spiro atoms. The molecular formula is C12H12N4OS. The summed E-state index contributed by atoms with van der Waals surface area (Å²) in [5.41, 5.74) is 6.08. The number of hydrogen-bond donors (Lipinski definition) is 2. The molecular weight excluding hydrogens is 248 g/mol. The Labute approximate surface area is 109 Å². The molecule has 92 valence electrons. The van der Waals surface area contributed by atoms with Gasteiger partial charge in [-0.15, -0.1) is 5.10 Å². The lowest BCUT2D eigenvalue weighted by atomic mass is 10.3. The van der Waals surface area contributed by atoms with Crippen molar-refractivity contribution in [1.82, 2.24) is 10.2 Å². The van der Waals surface area contributed by atoms with Crippen molar-refractivity contribution in [2.45, 2.75) is 9.92 Å². The van der Waals surface area contributed by atoms with E-state index in [2.05, 4.69) is 10.2 Å². The molecule has 6 heteroatoms. The molecule has 0 saturated heterocycles. The van der Waals surface area contributed by atoms with Crippen molar-refractivity contribution in [2.24, 2.45) is 5.73 Å². The van der Waals surface area contributed by atoms with E-state index in [1.165, 1.54) is 18.0 Å². The standard InChI is InChI=1S/C12H12N4OS/c1-17-9-4-2-3-5-10(9)18-12-8(11(13)14)6-7-15-16-12/h2-7H,1H3,(H3,13,14). The first-order chi connectivity index (χ1) is 8.72. The van der Waals surface area contributed by atoms with E-state index in [4.69, 9.17) is 15.9 Å². The van der Waals surface area contributed by atoms with Crippen LogP contribution in [0.25, 0.3) is 0 Å². The SMILES string of the molecule is COc1ccccc1Sc1nnccc1C(=N)N. The molecule has 0 aliphatic rings. The van der Waals surface area contributed by atoms with E-state index in [1.54, 1.807) is 13.2 Å². The zero-order chi connectivity index (χ0) is 13.0. The van der Waals surface area contributed by atoms with Gasteiger partial charge < -0.3 is 10.5 Å². The normalized spacial score (nSPS) is 10.1. The molecule has 0 aliphatic heterocycles. The van der Waals surface area contributed by atoms with Gasteiger partial charge >= 0.3 is 0 Å². The summed E-state index contributed by atoms with van der Waals surface area (Å²) in [7, 11) is 1.61. The molecule has 2 aromatic rings. The molecule has 0 amide bonds. The van der Waals surface area contributed by atoms with Crippen LogP contribution in [0.5, 0.6) is 5.75 Å². The van der Waals surface area contributed by atoms with E-state index < -0.39 is 0 Å².